The Morgan fingerprint density at radius 3 is 3.20 bits per heavy atom. The van der Waals surface area contributed by atoms with Crippen LogP contribution in [0.5, 0.6) is 0 Å². The SMILES string of the molecule is Cc1cc(=O)[nH]c(SC[C@H]2CCCN2)n1. The van der Waals surface area contributed by atoms with E-state index in [2.05, 4.69) is 15.3 Å². The molecule has 1 fully saturated rings. The Labute approximate surface area is 92.9 Å². The van der Waals surface area contributed by atoms with Gasteiger partial charge < -0.3 is 10.3 Å². The summed E-state index contributed by atoms with van der Waals surface area (Å²) in [7, 11) is 0. The smallest absolute Gasteiger partial charge is 0.251 e. The van der Waals surface area contributed by atoms with Crippen LogP contribution in [0.15, 0.2) is 16.0 Å². The van der Waals surface area contributed by atoms with Gasteiger partial charge >= 0.3 is 0 Å². The lowest BCUT2D eigenvalue weighted by Crippen LogP contribution is -2.24. The molecule has 0 radical (unpaired) electrons. The lowest BCUT2D eigenvalue weighted by molar-refractivity contribution is 0.672. The summed E-state index contributed by atoms with van der Waals surface area (Å²) >= 11 is 1.62. The first-order valence-electron chi connectivity index (χ1n) is 5.18. The molecule has 2 N–H and O–H groups in total. The Hall–Kier alpha value is -0.810. The summed E-state index contributed by atoms with van der Waals surface area (Å²) in [5, 5.41) is 4.15. The predicted molar refractivity (Wildman–Crippen MR) is 61.3 cm³/mol. The molecule has 2 heterocycles. The molecule has 0 amide bonds. The van der Waals surface area contributed by atoms with Gasteiger partial charge in [-0.1, -0.05) is 11.8 Å². The summed E-state index contributed by atoms with van der Waals surface area (Å²) in [4.78, 5) is 18.2. The molecule has 1 saturated heterocycles. The standard InChI is InChI=1S/C10H15N3OS/c1-7-5-9(14)13-10(12-7)15-6-8-3-2-4-11-8/h5,8,11H,2-4,6H2,1H3,(H,12,13,14)/t8-/m1/s1. The van der Waals surface area contributed by atoms with Crippen LogP contribution in [0, 0.1) is 6.92 Å². The van der Waals surface area contributed by atoms with Crippen LogP contribution in [0.1, 0.15) is 18.5 Å². The van der Waals surface area contributed by atoms with Gasteiger partial charge in [0.25, 0.3) is 5.56 Å². The number of aryl methyl sites for hydroxylation is 1. The highest BCUT2D eigenvalue weighted by atomic mass is 32.2. The molecule has 0 spiro atoms. The fourth-order valence-corrected chi connectivity index (χ4v) is 2.72. The average Bonchev–Trinajstić information content (AvgIpc) is 2.65. The fourth-order valence-electron chi connectivity index (χ4n) is 1.70. The third-order valence-corrected chi connectivity index (χ3v) is 3.47. The summed E-state index contributed by atoms with van der Waals surface area (Å²) in [5.41, 5.74) is 0.713. The van der Waals surface area contributed by atoms with Crippen LogP contribution in [0.4, 0.5) is 0 Å². The zero-order valence-corrected chi connectivity index (χ0v) is 9.56. The Morgan fingerprint density at radius 1 is 1.67 bits per heavy atom. The van der Waals surface area contributed by atoms with E-state index >= 15 is 0 Å². The van der Waals surface area contributed by atoms with Gasteiger partial charge in [-0.05, 0) is 26.3 Å². The van der Waals surface area contributed by atoms with Crippen molar-refractivity contribution in [2.75, 3.05) is 12.3 Å². The van der Waals surface area contributed by atoms with Crippen LogP contribution in [0.3, 0.4) is 0 Å². The van der Waals surface area contributed by atoms with Gasteiger partial charge in [-0.25, -0.2) is 4.98 Å². The maximum absolute atomic E-state index is 11.2. The molecule has 1 aliphatic rings. The van der Waals surface area contributed by atoms with Gasteiger partial charge in [0.1, 0.15) is 0 Å². The van der Waals surface area contributed by atoms with E-state index in [1.807, 2.05) is 6.92 Å². The summed E-state index contributed by atoms with van der Waals surface area (Å²) in [6, 6.07) is 2.08. The average molecular weight is 225 g/mol. The topological polar surface area (TPSA) is 57.8 Å². The van der Waals surface area contributed by atoms with Gasteiger partial charge in [-0.2, -0.15) is 0 Å². The zero-order valence-electron chi connectivity index (χ0n) is 8.75. The summed E-state index contributed by atoms with van der Waals surface area (Å²) in [6.45, 7) is 2.95. The van der Waals surface area contributed by atoms with Crippen molar-refractivity contribution in [3.63, 3.8) is 0 Å². The minimum absolute atomic E-state index is 0.0654. The minimum Gasteiger partial charge on any atom is -0.313 e. The van der Waals surface area contributed by atoms with Gasteiger partial charge in [0, 0.05) is 23.6 Å². The summed E-state index contributed by atoms with van der Waals surface area (Å²) < 4.78 is 0. The summed E-state index contributed by atoms with van der Waals surface area (Å²) in [5.74, 6) is 0.979. The van der Waals surface area contributed by atoms with Crippen molar-refractivity contribution in [3.05, 3.63) is 22.1 Å². The Kier molecular flexibility index (Phi) is 3.43. The lowest BCUT2D eigenvalue weighted by Gasteiger charge is -2.08. The Balaban J connectivity index is 1.95. The second kappa shape index (κ2) is 4.81. The highest BCUT2D eigenvalue weighted by molar-refractivity contribution is 7.99. The Morgan fingerprint density at radius 2 is 2.53 bits per heavy atom. The molecule has 1 aromatic heterocycles. The van der Waals surface area contributed by atoms with Crippen molar-refractivity contribution in [3.8, 4) is 0 Å². The van der Waals surface area contributed by atoms with Crippen LogP contribution in [0.25, 0.3) is 0 Å². The number of nitrogens with one attached hydrogen (secondary N) is 2. The maximum Gasteiger partial charge on any atom is 0.251 e. The van der Waals surface area contributed by atoms with Gasteiger partial charge in [0.2, 0.25) is 0 Å². The zero-order chi connectivity index (χ0) is 10.7. The van der Waals surface area contributed by atoms with E-state index in [1.54, 1.807) is 11.8 Å². The monoisotopic (exact) mass is 225 g/mol. The van der Waals surface area contributed by atoms with Crippen LogP contribution < -0.4 is 10.9 Å². The van der Waals surface area contributed by atoms with Gasteiger partial charge in [-0.3, -0.25) is 4.79 Å². The number of H-pyrrole nitrogens is 1. The first-order valence-corrected chi connectivity index (χ1v) is 6.17. The number of hydrogen-bond acceptors (Lipinski definition) is 4. The van der Waals surface area contributed by atoms with Gasteiger partial charge in [0.15, 0.2) is 5.16 Å². The molecule has 0 unspecified atom stereocenters. The highest BCUT2D eigenvalue weighted by Crippen LogP contribution is 2.16. The van der Waals surface area contributed by atoms with Crippen LogP contribution >= 0.6 is 11.8 Å². The van der Waals surface area contributed by atoms with Crippen molar-refractivity contribution in [1.29, 1.82) is 0 Å². The largest absolute Gasteiger partial charge is 0.313 e. The molecule has 1 aliphatic heterocycles. The van der Waals surface area contributed by atoms with E-state index in [1.165, 1.54) is 18.9 Å². The van der Waals surface area contributed by atoms with Crippen LogP contribution in [-0.2, 0) is 0 Å². The van der Waals surface area contributed by atoms with Crippen molar-refractivity contribution < 1.29 is 0 Å². The number of thioether (sulfide) groups is 1. The normalized spacial score (nSPS) is 20.7. The van der Waals surface area contributed by atoms with E-state index in [0.717, 1.165) is 23.1 Å². The molecular weight excluding hydrogens is 210 g/mol. The van der Waals surface area contributed by atoms with E-state index in [9.17, 15) is 4.79 Å². The molecule has 5 heteroatoms. The minimum atomic E-state index is -0.0654. The number of hydrogen-bond donors (Lipinski definition) is 2. The van der Waals surface area contributed by atoms with Crippen molar-refractivity contribution in [2.24, 2.45) is 0 Å². The number of rotatable bonds is 3. The number of aromatic nitrogens is 2. The third-order valence-electron chi connectivity index (χ3n) is 2.43. The first-order chi connectivity index (χ1) is 7.24. The van der Waals surface area contributed by atoms with E-state index in [4.69, 9.17) is 0 Å². The number of nitrogens with zero attached hydrogens (tertiary/aromatic N) is 1. The van der Waals surface area contributed by atoms with Crippen LogP contribution in [-0.4, -0.2) is 28.3 Å². The van der Waals surface area contributed by atoms with E-state index < -0.39 is 0 Å². The van der Waals surface area contributed by atoms with Crippen molar-refractivity contribution in [2.45, 2.75) is 31.0 Å². The van der Waals surface area contributed by atoms with Crippen molar-refractivity contribution in [1.82, 2.24) is 15.3 Å². The number of aromatic amines is 1. The predicted octanol–water partition coefficient (Wildman–Crippen LogP) is 0.922. The molecule has 0 aliphatic carbocycles. The molecule has 4 nitrogen and oxygen atoms in total. The molecule has 82 valence electrons. The lowest BCUT2D eigenvalue weighted by atomic mass is 10.3. The van der Waals surface area contributed by atoms with Crippen molar-refractivity contribution >= 4 is 11.8 Å². The maximum atomic E-state index is 11.2. The second-order valence-electron chi connectivity index (χ2n) is 3.80. The molecule has 15 heavy (non-hydrogen) atoms. The quantitative estimate of drug-likeness (QED) is 0.593. The molecule has 2 rings (SSSR count). The molecular formula is C10H15N3OS. The van der Waals surface area contributed by atoms with Crippen LogP contribution in [0.2, 0.25) is 0 Å². The molecule has 0 aromatic carbocycles. The van der Waals surface area contributed by atoms with E-state index in [0.29, 0.717) is 6.04 Å². The van der Waals surface area contributed by atoms with Gasteiger partial charge in [-0.15, -0.1) is 0 Å². The summed E-state index contributed by atoms with van der Waals surface area (Å²) in [6.07, 6.45) is 2.48. The van der Waals surface area contributed by atoms with E-state index in [-0.39, 0.29) is 5.56 Å². The Bertz CT molecular complexity index is 384. The van der Waals surface area contributed by atoms with Gasteiger partial charge in [0.05, 0.1) is 0 Å². The molecule has 1 aromatic rings. The highest BCUT2D eigenvalue weighted by Gasteiger charge is 2.14. The second-order valence-corrected chi connectivity index (χ2v) is 4.80. The first kappa shape index (κ1) is 10.7. The third kappa shape index (κ3) is 3.07. The molecule has 0 saturated carbocycles. The molecule has 0 bridgehead atoms. The fraction of sp³-hybridized carbons (Fsp3) is 0.600. The molecule has 1 atom stereocenters.